The summed E-state index contributed by atoms with van der Waals surface area (Å²) < 4.78 is 11.3. The van der Waals surface area contributed by atoms with Crippen LogP contribution in [0.2, 0.25) is 0 Å². The van der Waals surface area contributed by atoms with Gasteiger partial charge in [0.1, 0.15) is 6.61 Å². The Balaban J connectivity index is 2.12. The number of nitrogen functional groups attached to an aromatic ring is 1. The third kappa shape index (κ3) is 3.79. The van der Waals surface area contributed by atoms with Crippen molar-refractivity contribution in [2.45, 2.75) is 26.4 Å². The van der Waals surface area contributed by atoms with E-state index < -0.39 is 0 Å². The molecule has 2 aromatic rings. The van der Waals surface area contributed by atoms with Gasteiger partial charge in [0.2, 0.25) is 11.8 Å². The van der Waals surface area contributed by atoms with E-state index in [9.17, 15) is 0 Å². The van der Waals surface area contributed by atoms with Gasteiger partial charge >= 0.3 is 0 Å². The zero-order valence-electron chi connectivity index (χ0n) is 12.0. The van der Waals surface area contributed by atoms with Gasteiger partial charge in [-0.05, 0) is 32.9 Å². The molecule has 1 heterocycles. The first-order valence-corrected chi connectivity index (χ1v) is 6.50. The molecule has 0 aliphatic rings. The van der Waals surface area contributed by atoms with Crippen molar-refractivity contribution in [3.05, 3.63) is 24.3 Å². The molecule has 0 atom stereocenters. The molecule has 108 valence electrons. The molecule has 6 heteroatoms. The highest BCUT2D eigenvalue weighted by Crippen LogP contribution is 2.23. The monoisotopic (exact) mass is 276 g/mol. The van der Waals surface area contributed by atoms with E-state index >= 15 is 0 Å². The van der Waals surface area contributed by atoms with Crippen molar-refractivity contribution in [3.63, 3.8) is 0 Å². The van der Waals surface area contributed by atoms with Crippen molar-refractivity contribution in [1.82, 2.24) is 9.97 Å². The number of nitrogens with zero attached hydrogens (tertiary/aromatic N) is 2. The van der Waals surface area contributed by atoms with Gasteiger partial charge in [-0.3, -0.25) is 5.43 Å². The molecule has 0 amide bonds. The second-order valence-corrected chi connectivity index (χ2v) is 5.32. The summed E-state index contributed by atoms with van der Waals surface area (Å²) in [6.07, 6.45) is 0. The number of fused-ring (bicyclic) bond motifs is 1. The maximum Gasteiger partial charge on any atom is 0.241 e. The lowest BCUT2D eigenvalue weighted by molar-refractivity contribution is -0.0166. The molecule has 0 aliphatic heterocycles. The summed E-state index contributed by atoms with van der Waals surface area (Å²) >= 11 is 0. The van der Waals surface area contributed by atoms with Crippen LogP contribution in [-0.4, -0.2) is 28.8 Å². The van der Waals surface area contributed by atoms with Crippen LogP contribution in [0.5, 0.6) is 5.88 Å². The lowest BCUT2D eigenvalue weighted by Gasteiger charge is -2.19. The summed E-state index contributed by atoms with van der Waals surface area (Å²) in [7, 11) is 0. The Kier molecular flexibility index (Phi) is 4.36. The zero-order chi connectivity index (χ0) is 14.6. The minimum Gasteiger partial charge on any atom is -0.475 e. The number of hydrogen-bond acceptors (Lipinski definition) is 6. The van der Waals surface area contributed by atoms with Crippen molar-refractivity contribution in [2.24, 2.45) is 5.84 Å². The van der Waals surface area contributed by atoms with Crippen molar-refractivity contribution >= 4 is 16.9 Å². The number of para-hydroxylation sites is 1. The van der Waals surface area contributed by atoms with E-state index in [1.54, 1.807) is 0 Å². The average Bonchev–Trinajstić information content (AvgIpc) is 2.42. The fraction of sp³-hybridized carbons (Fsp3) is 0.429. The molecule has 0 saturated carbocycles. The quantitative estimate of drug-likeness (QED) is 0.494. The number of rotatable bonds is 5. The predicted octanol–water partition coefficient (Wildman–Crippen LogP) is 2.11. The minimum atomic E-state index is -0.179. The van der Waals surface area contributed by atoms with E-state index in [0.29, 0.717) is 25.0 Å². The van der Waals surface area contributed by atoms with Crippen LogP contribution in [0.4, 0.5) is 5.95 Å². The molecule has 0 aliphatic carbocycles. The molecule has 0 bridgehead atoms. The molecule has 0 fully saturated rings. The molecule has 0 saturated heterocycles. The number of aromatic nitrogens is 2. The number of hydrazine groups is 1. The van der Waals surface area contributed by atoms with Crippen molar-refractivity contribution in [3.8, 4) is 5.88 Å². The Hall–Kier alpha value is -1.92. The van der Waals surface area contributed by atoms with Gasteiger partial charge in [0.05, 0.1) is 23.1 Å². The largest absolute Gasteiger partial charge is 0.475 e. The van der Waals surface area contributed by atoms with Gasteiger partial charge in [-0.2, -0.15) is 4.98 Å². The molecule has 0 spiro atoms. The van der Waals surface area contributed by atoms with Crippen LogP contribution >= 0.6 is 0 Å². The van der Waals surface area contributed by atoms with E-state index in [2.05, 4.69) is 15.4 Å². The van der Waals surface area contributed by atoms with Crippen molar-refractivity contribution in [2.75, 3.05) is 18.6 Å². The number of nitrogens with two attached hydrogens (primary N) is 1. The third-order valence-electron chi connectivity index (χ3n) is 2.55. The number of nitrogens with one attached hydrogen (secondary N) is 1. The molecule has 1 aromatic carbocycles. The normalized spacial score (nSPS) is 11.6. The molecular formula is C14H20N4O2. The first kappa shape index (κ1) is 14.5. The molecule has 0 radical (unpaired) electrons. The Morgan fingerprint density at radius 3 is 2.60 bits per heavy atom. The fourth-order valence-corrected chi connectivity index (χ4v) is 1.71. The van der Waals surface area contributed by atoms with Gasteiger partial charge in [0.25, 0.3) is 0 Å². The topological polar surface area (TPSA) is 82.3 Å². The number of benzene rings is 1. The second kappa shape index (κ2) is 6.02. The van der Waals surface area contributed by atoms with E-state index in [-0.39, 0.29) is 5.60 Å². The standard InChI is InChI=1S/C14H20N4O2/c1-14(2,3)20-9-8-19-12-10-6-4-5-7-11(10)16-13(17-12)18-15/h4-7H,8-9,15H2,1-3H3,(H,16,17,18). The summed E-state index contributed by atoms with van der Waals surface area (Å²) in [6.45, 7) is 6.92. The predicted molar refractivity (Wildman–Crippen MR) is 78.5 cm³/mol. The lowest BCUT2D eigenvalue weighted by Crippen LogP contribution is -2.22. The summed E-state index contributed by atoms with van der Waals surface area (Å²) in [6, 6.07) is 7.62. The molecule has 6 nitrogen and oxygen atoms in total. The number of hydrogen-bond donors (Lipinski definition) is 2. The second-order valence-electron chi connectivity index (χ2n) is 5.32. The Labute approximate surface area is 118 Å². The van der Waals surface area contributed by atoms with E-state index in [1.807, 2.05) is 45.0 Å². The van der Waals surface area contributed by atoms with Gasteiger partial charge in [-0.25, -0.2) is 10.8 Å². The Morgan fingerprint density at radius 2 is 1.90 bits per heavy atom. The SMILES string of the molecule is CC(C)(C)OCCOc1nc(NN)nc2ccccc12. The average molecular weight is 276 g/mol. The van der Waals surface area contributed by atoms with Crippen LogP contribution in [0.25, 0.3) is 10.9 Å². The van der Waals surface area contributed by atoms with Gasteiger partial charge in [0, 0.05) is 0 Å². The highest BCUT2D eigenvalue weighted by molar-refractivity contribution is 5.84. The number of anilines is 1. The van der Waals surface area contributed by atoms with E-state index in [4.69, 9.17) is 15.3 Å². The maximum atomic E-state index is 5.69. The highest BCUT2D eigenvalue weighted by atomic mass is 16.5. The summed E-state index contributed by atoms with van der Waals surface area (Å²) in [5.74, 6) is 6.20. The molecule has 2 rings (SSSR count). The summed E-state index contributed by atoms with van der Waals surface area (Å²) in [4.78, 5) is 8.49. The van der Waals surface area contributed by atoms with Crippen molar-refractivity contribution < 1.29 is 9.47 Å². The molecule has 3 N–H and O–H groups in total. The van der Waals surface area contributed by atoms with Gasteiger partial charge in [0.15, 0.2) is 0 Å². The molecule has 0 unspecified atom stereocenters. The highest BCUT2D eigenvalue weighted by Gasteiger charge is 2.11. The van der Waals surface area contributed by atoms with E-state index in [1.165, 1.54) is 0 Å². The van der Waals surface area contributed by atoms with Crippen LogP contribution in [0.3, 0.4) is 0 Å². The fourth-order valence-electron chi connectivity index (χ4n) is 1.71. The number of ether oxygens (including phenoxy) is 2. The zero-order valence-corrected chi connectivity index (χ0v) is 12.0. The summed E-state index contributed by atoms with van der Waals surface area (Å²) in [5.41, 5.74) is 3.04. The van der Waals surface area contributed by atoms with Crippen LogP contribution in [0.15, 0.2) is 24.3 Å². The van der Waals surface area contributed by atoms with Crippen LogP contribution in [0, 0.1) is 0 Å². The van der Waals surface area contributed by atoms with Crippen LogP contribution < -0.4 is 16.0 Å². The summed E-state index contributed by atoms with van der Waals surface area (Å²) in [5, 5.41) is 0.849. The first-order chi connectivity index (χ1) is 9.49. The van der Waals surface area contributed by atoms with Crippen molar-refractivity contribution in [1.29, 1.82) is 0 Å². The third-order valence-corrected chi connectivity index (χ3v) is 2.55. The molecule has 20 heavy (non-hydrogen) atoms. The van der Waals surface area contributed by atoms with Gasteiger partial charge in [-0.1, -0.05) is 12.1 Å². The van der Waals surface area contributed by atoms with Gasteiger partial charge < -0.3 is 9.47 Å². The Morgan fingerprint density at radius 1 is 1.15 bits per heavy atom. The van der Waals surface area contributed by atoms with E-state index in [0.717, 1.165) is 10.9 Å². The van der Waals surface area contributed by atoms with Gasteiger partial charge in [-0.15, -0.1) is 0 Å². The van der Waals surface area contributed by atoms with Crippen LogP contribution in [-0.2, 0) is 4.74 Å². The Bertz CT molecular complexity index is 581. The maximum absolute atomic E-state index is 5.69. The molecular weight excluding hydrogens is 256 g/mol. The lowest BCUT2D eigenvalue weighted by atomic mass is 10.2. The molecule has 1 aromatic heterocycles. The van der Waals surface area contributed by atoms with Crippen LogP contribution in [0.1, 0.15) is 20.8 Å². The smallest absolute Gasteiger partial charge is 0.241 e. The first-order valence-electron chi connectivity index (χ1n) is 6.50. The minimum absolute atomic E-state index is 0.179.